The van der Waals surface area contributed by atoms with E-state index in [1.807, 2.05) is 37.3 Å². The number of hydrogen-bond acceptors (Lipinski definition) is 5. The van der Waals surface area contributed by atoms with Crippen molar-refractivity contribution in [2.45, 2.75) is 12.4 Å². The molecule has 1 aromatic heterocycles. The number of nitrogens with two attached hydrogens (primary N) is 1. The minimum absolute atomic E-state index is 0.233. The normalized spacial score (nSPS) is 17.3. The Bertz CT molecular complexity index is 790. The summed E-state index contributed by atoms with van der Waals surface area (Å²) in [4.78, 5) is 5.20. The number of pyridine rings is 1. The molecule has 3 N–H and O–H groups in total. The zero-order chi connectivity index (χ0) is 15.7. The van der Waals surface area contributed by atoms with Gasteiger partial charge in [0.15, 0.2) is 0 Å². The summed E-state index contributed by atoms with van der Waals surface area (Å²) in [6.07, 6.45) is 0. The number of aromatic nitrogens is 1. The SMILES string of the molecule is Cc1cc(C2=C(c3cccc(C#N)c3)NC(N)S2)cc(Cl)n1. The van der Waals surface area contributed by atoms with Gasteiger partial charge in [-0.1, -0.05) is 35.5 Å². The van der Waals surface area contributed by atoms with Crippen LogP contribution in [0.1, 0.15) is 22.4 Å². The Kier molecular flexibility index (Phi) is 4.08. The maximum atomic E-state index is 9.07. The highest BCUT2D eigenvalue weighted by Crippen LogP contribution is 2.41. The fraction of sp³-hybridized carbons (Fsp3) is 0.125. The second kappa shape index (κ2) is 6.01. The second-order valence-electron chi connectivity index (χ2n) is 4.90. The van der Waals surface area contributed by atoms with Crippen LogP contribution in [-0.2, 0) is 0 Å². The van der Waals surface area contributed by atoms with Crippen LogP contribution in [0.2, 0.25) is 5.15 Å². The Morgan fingerprint density at radius 2 is 2.14 bits per heavy atom. The summed E-state index contributed by atoms with van der Waals surface area (Å²) in [5.74, 6) is 0. The number of halogens is 1. The molecule has 3 rings (SSSR count). The summed E-state index contributed by atoms with van der Waals surface area (Å²) >= 11 is 7.60. The molecule has 1 unspecified atom stereocenters. The van der Waals surface area contributed by atoms with E-state index in [1.165, 1.54) is 11.8 Å². The zero-order valence-electron chi connectivity index (χ0n) is 11.8. The fourth-order valence-electron chi connectivity index (χ4n) is 2.35. The van der Waals surface area contributed by atoms with E-state index in [-0.39, 0.29) is 5.50 Å². The molecule has 0 fully saturated rings. The van der Waals surface area contributed by atoms with Gasteiger partial charge in [-0.3, -0.25) is 0 Å². The van der Waals surface area contributed by atoms with E-state index in [9.17, 15) is 0 Å². The second-order valence-corrected chi connectivity index (χ2v) is 6.44. The van der Waals surface area contributed by atoms with E-state index >= 15 is 0 Å². The standard InChI is InChI=1S/C16H13ClN4S/c1-9-5-12(7-13(17)20-9)15-14(21-16(19)22-15)11-4-2-3-10(6-11)8-18/h2-7,16,21H,19H2,1H3. The maximum absolute atomic E-state index is 9.07. The van der Waals surface area contributed by atoms with E-state index in [2.05, 4.69) is 16.4 Å². The van der Waals surface area contributed by atoms with Gasteiger partial charge in [0.1, 0.15) is 10.7 Å². The number of hydrogen-bond donors (Lipinski definition) is 2. The smallest absolute Gasteiger partial charge is 0.129 e. The molecule has 1 aromatic carbocycles. The van der Waals surface area contributed by atoms with Crippen molar-refractivity contribution in [3.05, 3.63) is 63.9 Å². The highest BCUT2D eigenvalue weighted by molar-refractivity contribution is 8.09. The summed E-state index contributed by atoms with van der Waals surface area (Å²) in [6, 6.07) is 13.4. The van der Waals surface area contributed by atoms with Crippen molar-refractivity contribution in [3.63, 3.8) is 0 Å². The molecular weight excluding hydrogens is 316 g/mol. The molecule has 0 bridgehead atoms. The average molecular weight is 329 g/mol. The summed E-state index contributed by atoms with van der Waals surface area (Å²) in [5.41, 5.74) is 10.1. The predicted molar refractivity (Wildman–Crippen MR) is 90.7 cm³/mol. The molecule has 0 saturated carbocycles. The molecule has 0 radical (unpaired) electrons. The van der Waals surface area contributed by atoms with Crippen LogP contribution in [0.25, 0.3) is 10.6 Å². The topological polar surface area (TPSA) is 74.7 Å². The summed E-state index contributed by atoms with van der Waals surface area (Å²) in [6.45, 7) is 1.90. The van der Waals surface area contributed by atoms with Gasteiger partial charge in [0.25, 0.3) is 0 Å². The Hall–Kier alpha value is -2.00. The molecule has 0 amide bonds. The van der Waals surface area contributed by atoms with Gasteiger partial charge in [-0.25, -0.2) is 4.98 Å². The summed E-state index contributed by atoms with van der Waals surface area (Å²) in [7, 11) is 0. The average Bonchev–Trinajstić information content (AvgIpc) is 2.88. The van der Waals surface area contributed by atoms with Crippen molar-refractivity contribution in [2.75, 3.05) is 0 Å². The third kappa shape index (κ3) is 2.95. The highest BCUT2D eigenvalue weighted by Gasteiger charge is 2.24. The van der Waals surface area contributed by atoms with Crippen LogP contribution in [0.3, 0.4) is 0 Å². The van der Waals surface area contributed by atoms with E-state index in [1.54, 1.807) is 6.07 Å². The van der Waals surface area contributed by atoms with E-state index in [0.29, 0.717) is 10.7 Å². The van der Waals surface area contributed by atoms with Gasteiger partial charge < -0.3 is 11.1 Å². The van der Waals surface area contributed by atoms with E-state index in [0.717, 1.165) is 27.4 Å². The van der Waals surface area contributed by atoms with Crippen LogP contribution < -0.4 is 11.1 Å². The van der Waals surface area contributed by atoms with Gasteiger partial charge >= 0.3 is 0 Å². The van der Waals surface area contributed by atoms with Gasteiger partial charge in [-0.15, -0.1) is 0 Å². The molecule has 0 aliphatic carbocycles. The zero-order valence-corrected chi connectivity index (χ0v) is 13.4. The lowest BCUT2D eigenvalue weighted by atomic mass is 10.1. The van der Waals surface area contributed by atoms with Crippen LogP contribution in [0.4, 0.5) is 0 Å². The van der Waals surface area contributed by atoms with Gasteiger partial charge in [-0.05, 0) is 36.8 Å². The predicted octanol–water partition coefficient (Wildman–Crippen LogP) is 3.32. The van der Waals surface area contributed by atoms with Crippen LogP contribution in [0.5, 0.6) is 0 Å². The number of rotatable bonds is 2. The quantitative estimate of drug-likeness (QED) is 0.827. The molecule has 0 spiro atoms. The minimum Gasteiger partial charge on any atom is -0.360 e. The number of nitrogens with one attached hydrogen (secondary N) is 1. The van der Waals surface area contributed by atoms with Gasteiger partial charge in [-0.2, -0.15) is 5.26 Å². The lowest BCUT2D eigenvalue weighted by Crippen LogP contribution is -2.28. The first kappa shape index (κ1) is 14.9. The molecule has 110 valence electrons. The molecule has 22 heavy (non-hydrogen) atoms. The summed E-state index contributed by atoms with van der Waals surface area (Å²) < 4.78 is 0. The fourth-order valence-corrected chi connectivity index (χ4v) is 3.58. The number of nitriles is 1. The lowest BCUT2D eigenvalue weighted by molar-refractivity contribution is 0.853. The number of thioether (sulfide) groups is 1. The maximum Gasteiger partial charge on any atom is 0.129 e. The van der Waals surface area contributed by atoms with Crippen LogP contribution in [-0.4, -0.2) is 10.5 Å². The van der Waals surface area contributed by atoms with E-state index in [4.69, 9.17) is 22.6 Å². The van der Waals surface area contributed by atoms with Crippen molar-refractivity contribution < 1.29 is 0 Å². The number of benzene rings is 1. The largest absolute Gasteiger partial charge is 0.360 e. The molecule has 2 aromatic rings. The molecule has 6 heteroatoms. The molecule has 1 aliphatic heterocycles. The van der Waals surface area contributed by atoms with Crippen LogP contribution >= 0.6 is 23.4 Å². The Labute approximate surface area is 138 Å². The van der Waals surface area contributed by atoms with Crippen molar-refractivity contribution in [1.82, 2.24) is 10.3 Å². The molecule has 4 nitrogen and oxygen atoms in total. The number of aryl methyl sites for hydroxylation is 1. The van der Waals surface area contributed by atoms with Gasteiger partial charge in [0, 0.05) is 16.2 Å². The van der Waals surface area contributed by atoms with Crippen molar-refractivity contribution in [2.24, 2.45) is 5.73 Å². The molecule has 1 atom stereocenters. The van der Waals surface area contributed by atoms with E-state index < -0.39 is 0 Å². The first-order valence-corrected chi connectivity index (χ1v) is 7.91. The minimum atomic E-state index is -0.233. The highest BCUT2D eigenvalue weighted by atomic mass is 35.5. The third-order valence-corrected chi connectivity index (χ3v) is 4.46. The third-order valence-electron chi connectivity index (χ3n) is 3.22. The monoisotopic (exact) mass is 328 g/mol. The van der Waals surface area contributed by atoms with Crippen LogP contribution in [0.15, 0.2) is 36.4 Å². The lowest BCUT2D eigenvalue weighted by Gasteiger charge is -2.09. The first-order chi connectivity index (χ1) is 10.6. The Morgan fingerprint density at radius 1 is 1.32 bits per heavy atom. The Balaban J connectivity index is 2.14. The molecular formula is C16H13ClN4S. The van der Waals surface area contributed by atoms with Crippen LogP contribution in [0, 0.1) is 18.3 Å². The van der Waals surface area contributed by atoms with Crippen molar-refractivity contribution >= 4 is 34.0 Å². The molecule has 2 heterocycles. The molecule has 0 saturated heterocycles. The number of nitrogens with zero attached hydrogens (tertiary/aromatic N) is 2. The molecule has 1 aliphatic rings. The Morgan fingerprint density at radius 3 is 2.86 bits per heavy atom. The summed E-state index contributed by atoms with van der Waals surface area (Å²) in [5, 5.41) is 12.8. The first-order valence-electron chi connectivity index (χ1n) is 6.65. The van der Waals surface area contributed by atoms with Crippen molar-refractivity contribution in [3.8, 4) is 6.07 Å². The van der Waals surface area contributed by atoms with Crippen molar-refractivity contribution in [1.29, 1.82) is 5.26 Å². The van der Waals surface area contributed by atoms with Gasteiger partial charge in [0.05, 0.1) is 17.3 Å². The van der Waals surface area contributed by atoms with Gasteiger partial charge in [0.2, 0.25) is 0 Å².